The van der Waals surface area contributed by atoms with Crippen LogP contribution in [0.1, 0.15) is 13.8 Å². The molecule has 20 heavy (non-hydrogen) atoms. The van der Waals surface area contributed by atoms with E-state index in [0.29, 0.717) is 17.4 Å². The molecule has 0 fully saturated rings. The minimum Gasteiger partial charge on any atom is -0.353 e. The fourth-order valence-corrected chi connectivity index (χ4v) is 1.76. The van der Waals surface area contributed by atoms with Gasteiger partial charge in [-0.05, 0) is 26.0 Å². The van der Waals surface area contributed by atoms with Crippen molar-refractivity contribution >= 4 is 16.8 Å². The highest BCUT2D eigenvalue weighted by molar-refractivity contribution is 5.78. The largest absolute Gasteiger partial charge is 0.353 e. The third kappa shape index (κ3) is 3.42. The Morgan fingerprint density at radius 2 is 2.10 bits per heavy atom. The van der Waals surface area contributed by atoms with Gasteiger partial charge >= 0.3 is 0 Å². The van der Waals surface area contributed by atoms with E-state index >= 15 is 0 Å². The monoisotopic (exact) mass is 274 g/mol. The third-order valence-electron chi connectivity index (χ3n) is 2.79. The van der Waals surface area contributed by atoms with E-state index in [0.717, 1.165) is 0 Å². The number of amides is 1. The molecule has 1 amide bonds. The highest BCUT2D eigenvalue weighted by Crippen LogP contribution is 2.04. The van der Waals surface area contributed by atoms with Crippen molar-refractivity contribution in [3.8, 4) is 0 Å². The molecule has 0 saturated heterocycles. The number of rotatable bonds is 4. The van der Waals surface area contributed by atoms with E-state index in [4.69, 9.17) is 5.73 Å². The van der Waals surface area contributed by atoms with Crippen LogP contribution in [0.25, 0.3) is 10.9 Å². The minimum atomic E-state index is -0.484. The summed E-state index contributed by atoms with van der Waals surface area (Å²) in [7, 11) is 0. The smallest absolute Gasteiger partial charge is 0.261 e. The molecule has 0 aliphatic carbocycles. The molecule has 1 heterocycles. The zero-order chi connectivity index (χ0) is 14.8. The molecule has 0 atom stereocenters. The van der Waals surface area contributed by atoms with Gasteiger partial charge in [0.2, 0.25) is 5.91 Å². The van der Waals surface area contributed by atoms with Crippen molar-refractivity contribution in [2.24, 2.45) is 5.73 Å². The predicted molar refractivity (Wildman–Crippen MR) is 77.3 cm³/mol. The van der Waals surface area contributed by atoms with Crippen LogP contribution < -0.4 is 16.6 Å². The molecule has 1 aromatic carbocycles. The van der Waals surface area contributed by atoms with Crippen molar-refractivity contribution < 1.29 is 4.79 Å². The summed E-state index contributed by atoms with van der Waals surface area (Å²) in [5.41, 5.74) is 5.70. The summed E-state index contributed by atoms with van der Waals surface area (Å²) < 4.78 is 1.29. The van der Waals surface area contributed by atoms with Gasteiger partial charge in [-0.2, -0.15) is 0 Å². The topological polar surface area (TPSA) is 90.0 Å². The molecule has 6 nitrogen and oxygen atoms in total. The summed E-state index contributed by atoms with van der Waals surface area (Å²) in [6, 6.07) is 7.04. The maximum atomic E-state index is 12.2. The lowest BCUT2D eigenvalue weighted by Crippen LogP contribution is -2.46. The molecule has 0 spiro atoms. The first kappa shape index (κ1) is 14.2. The quantitative estimate of drug-likeness (QED) is 0.836. The van der Waals surface area contributed by atoms with Gasteiger partial charge in [-0.3, -0.25) is 14.2 Å². The van der Waals surface area contributed by atoms with E-state index in [2.05, 4.69) is 10.3 Å². The molecule has 6 heteroatoms. The van der Waals surface area contributed by atoms with Gasteiger partial charge in [-0.15, -0.1) is 0 Å². The maximum absolute atomic E-state index is 12.2. The number of carbonyl (C=O) groups is 1. The third-order valence-corrected chi connectivity index (χ3v) is 2.79. The van der Waals surface area contributed by atoms with Crippen molar-refractivity contribution in [3.63, 3.8) is 0 Å². The van der Waals surface area contributed by atoms with Gasteiger partial charge in [-0.25, -0.2) is 4.98 Å². The number of fused-ring (bicyclic) bond motifs is 1. The number of nitrogens with two attached hydrogens (primary N) is 1. The zero-order valence-corrected chi connectivity index (χ0v) is 11.6. The van der Waals surface area contributed by atoms with Gasteiger partial charge in [0, 0.05) is 12.1 Å². The van der Waals surface area contributed by atoms with Crippen LogP contribution in [0, 0.1) is 0 Å². The second-order valence-corrected chi connectivity index (χ2v) is 5.46. The van der Waals surface area contributed by atoms with E-state index in [9.17, 15) is 9.59 Å². The number of para-hydroxylation sites is 1. The standard InChI is InChI=1S/C14H18N4O2/c1-14(2,15)8-16-12(19)7-18-9-17-11-6-4-3-5-10(11)13(18)20/h3-6,9H,7-8,15H2,1-2H3,(H,16,19). The lowest BCUT2D eigenvalue weighted by atomic mass is 10.1. The van der Waals surface area contributed by atoms with Crippen LogP contribution in [0.4, 0.5) is 0 Å². The second kappa shape index (κ2) is 5.42. The molecule has 0 saturated carbocycles. The second-order valence-electron chi connectivity index (χ2n) is 5.46. The van der Waals surface area contributed by atoms with Crippen molar-refractivity contribution in [2.45, 2.75) is 25.9 Å². The fraction of sp³-hybridized carbons (Fsp3) is 0.357. The summed E-state index contributed by atoms with van der Waals surface area (Å²) in [4.78, 5) is 28.1. The highest BCUT2D eigenvalue weighted by atomic mass is 16.2. The first-order valence-corrected chi connectivity index (χ1v) is 6.36. The number of carbonyl (C=O) groups excluding carboxylic acids is 1. The van der Waals surface area contributed by atoms with Crippen molar-refractivity contribution in [3.05, 3.63) is 40.9 Å². The Hall–Kier alpha value is -2.21. The Labute approximate surface area is 116 Å². The van der Waals surface area contributed by atoms with Gasteiger partial charge in [0.25, 0.3) is 5.56 Å². The molecule has 0 unspecified atom stereocenters. The molecule has 0 bridgehead atoms. The van der Waals surface area contributed by atoms with Crippen LogP contribution in [-0.2, 0) is 11.3 Å². The lowest BCUT2D eigenvalue weighted by molar-refractivity contribution is -0.121. The SMILES string of the molecule is CC(C)(N)CNC(=O)Cn1cnc2ccccc2c1=O. The fourth-order valence-electron chi connectivity index (χ4n) is 1.76. The Kier molecular flexibility index (Phi) is 3.85. The summed E-state index contributed by atoms with van der Waals surface area (Å²) >= 11 is 0. The van der Waals surface area contributed by atoms with Gasteiger partial charge in [0.1, 0.15) is 6.54 Å². The Morgan fingerprint density at radius 3 is 2.80 bits per heavy atom. The number of nitrogens with one attached hydrogen (secondary N) is 1. The van der Waals surface area contributed by atoms with Crippen molar-refractivity contribution in [2.75, 3.05) is 6.54 Å². The van der Waals surface area contributed by atoms with E-state index in [-0.39, 0.29) is 18.0 Å². The average molecular weight is 274 g/mol. The van der Waals surface area contributed by atoms with E-state index < -0.39 is 5.54 Å². The number of benzene rings is 1. The predicted octanol–water partition coefficient (Wildman–Crippen LogP) is 0.250. The number of hydrogen-bond acceptors (Lipinski definition) is 4. The molecular formula is C14H18N4O2. The Morgan fingerprint density at radius 1 is 1.40 bits per heavy atom. The summed E-state index contributed by atoms with van der Waals surface area (Å²) in [6.45, 7) is 3.92. The van der Waals surface area contributed by atoms with Gasteiger partial charge in [0.05, 0.1) is 17.2 Å². The van der Waals surface area contributed by atoms with E-state index in [1.807, 2.05) is 19.9 Å². The van der Waals surface area contributed by atoms with Crippen LogP contribution >= 0.6 is 0 Å². The molecule has 3 N–H and O–H groups in total. The number of hydrogen-bond donors (Lipinski definition) is 2. The molecular weight excluding hydrogens is 256 g/mol. The number of nitrogens with zero attached hydrogens (tertiary/aromatic N) is 2. The highest BCUT2D eigenvalue weighted by Gasteiger charge is 2.13. The molecule has 1 aromatic heterocycles. The molecule has 0 aliphatic rings. The van der Waals surface area contributed by atoms with Crippen molar-refractivity contribution in [1.29, 1.82) is 0 Å². The molecule has 2 aromatic rings. The summed E-state index contributed by atoms with van der Waals surface area (Å²) in [5.74, 6) is -0.261. The molecule has 0 aliphatic heterocycles. The van der Waals surface area contributed by atoms with Gasteiger partial charge < -0.3 is 11.1 Å². The molecule has 0 radical (unpaired) electrons. The zero-order valence-electron chi connectivity index (χ0n) is 11.6. The summed E-state index contributed by atoms with van der Waals surface area (Å²) in [5, 5.41) is 3.20. The van der Waals surface area contributed by atoms with Crippen LogP contribution in [0.3, 0.4) is 0 Å². The van der Waals surface area contributed by atoms with E-state index in [1.165, 1.54) is 10.9 Å². The lowest BCUT2D eigenvalue weighted by Gasteiger charge is -2.19. The number of aromatic nitrogens is 2. The maximum Gasteiger partial charge on any atom is 0.261 e. The van der Waals surface area contributed by atoms with Gasteiger partial charge in [0.15, 0.2) is 0 Å². The van der Waals surface area contributed by atoms with Crippen LogP contribution in [0.2, 0.25) is 0 Å². The molecule has 2 rings (SSSR count). The normalized spacial score (nSPS) is 11.6. The molecule has 106 valence electrons. The summed E-state index contributed by atoms with van der Waals surface area (Å²) in [6.07, 6.45) is 1.39. The van der Waals surface area contributed by atoms with Crippen LogP contribution in [0.5, 0.6) is 0 Å². The minimum absolute atomic E-state index is 0.0628. The first-order valence-electron chi connectivity index (χ1n) is 6.36. The van der Waals surface area contributed by atoms with Crippen LogP contribution in [-0.4, -0.2) is 27.5 Å². The first-order chi connectivity index (χ1) is 9.37. The Balaban J connectivity index is 2.16. The van der Waals surface area contributed by atoms with Crippen molar-refractivity contribution in [1.82, 2.24) is 14.9 Å². The average Bonchev–Trinajstić information content (AvgIpc) is 2.39. The van der Waals surface area contributed by atoms with E-state index in [1.54, 1.807) is 18.2 Å². The van der Waals surface area contributed by atoms with Gasteiger partial charge in [-0.1, -0.05) is 12.1 Å². The Bertz CT molecular complexity index is 685. The van der Waals surface area contributed by atoms with Crippen LogP contribution in [0.15, 0.2) is 35.4 Å².